The van der Waals surface area contributed by atoms with Gasteiger partial charge in [0.1, 0.15) is 11.5 Å². The zero-order valence-corrected chi connectivity index (χ0v) is 11.5. The number of aryl methyl sites for hydroxylation is 2. The van der Waals surface area contributed by atoms with E-state index >= 15 is 0 Å². The van der Waals surface area contributed by atoms with Crippen LogP contribution in [0.5, 0.6) is 11.5 Å². The zero-order chi connectivity index (χ0) is 13.7. The Labute approximate surface area is 114 Å². The molecular formula is C16H20N2O. The molecule has 19 heavy (non-hydrogen) atoms. The lowest BCUT2D eigenvalue weighted by Gasteiger charge is -2.11. The number of benzene rings is 1. The number of aromatic nitrogens is 1. The Morgan fingerprint density at radius 2 is 2.05 bits per heavy atom. The standard InChI is InChI=1S/C16H20N2O/c1-3-15-16(8-7-12(2)18-15)19-14-6-4-5-13(11-14)9-10-17/h4-8,11H,3,9-10,17H2,1-2H3. The fourth-order valence-corrected chi connectivity index (χ4v) is 2.00. The Kier molecular flexibility index (Phi) is 4.53. The molecule has 0 aliphatic rings. The number of hydrogen-bond donors (Lipinski definition) is 1. The Bertz CT molecular complexity index is 552. The Hall–Kier alpha value is -1.87. The van der Waals surface area contributed by atoms with Crippen molar-refractivity contribution in [1.29, 1.82) is 0 Å². The molecule has 2 aromatic rings. The Balaban J connectivity index is 2.23. The van der Waals surface area contributed by atoms with Gasteiger partial charge < -0.3 is 10.5 Å². The molecular weight excluding hydrogens is 236 g/mol. The lowest BCUT2D eigenvalue weighted by atomic mass is 10.1. The van der Waals surface area contributed by atoms with Crippen molar-refractivity contribution in [3.05, 3.63) is 53.3 Å². The highest BCUT2D eigenvalue weighted by atomic mass is 16.5. The highest BCUT2D eigenvalue weighted by molar-refractivity contribution is 5.37. The van der Waals surface area contributed by atoms with E-state index in [0.29, 0.717) is 6.54 Å². The SMILES string of the molecule is CCc1nc(C)ccc1Oc1cccc(CCN)c1. The molecule has 2 N–H and O–H groups in total. The fourth-order valence-electron chi connectivity index (χ4n) is 2.00. The van der Waals surface area contributed by atoms with Crippen LogP contribution in [0.4, 0.5) is 0 Å². The number of rotatable bonds is 5. The molecule has 0 unspecified atom stereocenters. The summed E-state index contributed by atoms with van der Waals surface area (Å²) < 4.78 is 5.94. The lowest BCUT2D eigenvalue weighted by Crippen LogP contribution is -2.02. The van der Waals surface area contributed by atoms with Crippen LogP contribution in [0.2, 0.25) is 0 Å². The summed E-state index contributed by atoms with van der Waals surface area (Å²) in [5.74, 6) is 1.67. The van der Waals surface area contributed by atoms with Crippen LogP contribution >= 0.6 is 0 Å². The van der Waals surface area contributed by atoms with Gasteiger partial charge in [0.25, 0.3) is 0 Å². The van der Waals surface area contributed by atoms with E-state index in [4.69, 9.17) is 10.5 Å². The van der Waals surface area contributed by atoms with Gasteiger partial charge in [0.05, 0.1) is 5.69 Å². The quantitative estimate of drug-likeness (QED) is 0.893. The molecule has 1 heterocycles. The molecule has 3 nitrogen and oxygen atoms in total. The van der Waals surface area contributed by atoms with Gasteiger partial charge in [-0.05, 0) is 56.1 Å². The van der Waals surface area contributed by atoms with Crippen LogP contribution in [-0.4, -0.2) is 11.5 Å². The summed E-state index contributed by atoms with van der Waals surface area (Å²) in [6, 6.07) is 12.0. The molecule has 0 aliphatic heterocycles. The van der Waals surface area contributed by atoms with Crippen molar-refractivity contribution in [3.63, 3.8) is 0 Å². The molecule has 0 amide bonds. The van der Waals surface area contributed by atoms with E-state index in [1.807, 2.05) is 37.3 Å². The number of hydrogen-bond acceptors (Lipinski definition) is 3. The van der Waals surface area contributed by atoms with Gasteiger partial charge in [-0.25, -0.2) is 0 Å². The molecule has 1 aromatic carbocycles. The first kappa shape index (κ1) is 13.6. The minimum Gasteiger partial charge on any atom is -0.455 e. The summed E-state index contributed by atoms with van der Waals surface area (Å²) >= 11 is 0. The topological polar surface area (TPSA) is 48.1 Å². The van der Waals surface area contributed by atoms with E-state index in [1.54, 1.807) is 0 Å². The average molecular weight is 256 g/mol. The Morgan fingerprint density at radius 3 is 2.79 bits per heavy atom. The van der Waals surface area contributed by atoms with Gasteiger partial charge in [-0.2, -0.15) is 0 Å². The smallest absolute Gasteiger partial charge is 0.148 e. The normalized spacial score (nSPS) is 10.5. The first-order valence-electron chi connectivity index (χ1n) is 6.66. The maximum absolute atomic E-state index is 5.94. The Morgan fingerprint density at radius 1 is 1.21 bits per heavy atom. The predicted molar refractivity (Wildman–Crippen MR) is 77.6 cm³/mol. The van der Waals surface area contributed by atoms with Crippen molar-refractivity contribution in [2.45, 2.75) is 26.7 Å². The summed E-state index contributed by atoms with van der Waals surface area (Å²) in [4.78, 5) is 4.50. The first-order valence-corrected chi connectivity index (χ1v) is 6.66. The van der Waals surface area contributed by atoms with Crippen LogP contribution in [0, 0.1) is 6.92 Å². The summed E-state index contributed by atoms with van der Waals surface area (Å²) in [7, 11) is 0. The van der Waals surface area contributed by atoms with E-state index in [2.05, 4.69) is 18.0 Å². The molecule has 0 aliphatic carbocycles. The molecule has 0 fully saturated rings. The van der Waals surface area contributed by atoms with Gasteiger partial charge in [-0.1, -0.05) is 19.1 Å². The molecule has 0 radical (unpaired) electrons. The zero-order valence-electron chi connectivity index (χ0n) is 11.5. The molecule has 0 atom stereocenters. The molecule has 1 aromatic heterocycles. The molecule has 3 heteroatoms. The minimum atomic E-state index is 0.649. The van der Waals surface area contributed by atoms with Crippen molar-refractivity contribution in [1.82, 2.24) is 4.98 Å². The second kappa shape index (κ2) is 6.34. The second-order valence-corrected chi connectivity index (χ2v) is 4.54. The molecule has 0 saturated heterocycles. The van der Waals surface area contributed by atoms with Gasteiger partial charge in [-0.3, -0.25) is 4.98 Å². The van der Waals surface area contributed by atoms with Gasteiger partial charge in [0.15, 0.2) is 0 Å². The number of nitrogens with zero attached hydrogens (tertiary/aromatic N) is 1. The lowest BCUT2D eigenvalue weighted by molar-refractivity contribution is 0.472. The predicted octanol–water partition coefficient (Wildman–Crippen LogP) is 3.25. The number of nitrogens with two attached hydrogens (primary N) is 1. The third-order valence-corrected chi connectivity index (χ3v) is 2.97. The van der Waals surface area contributed by atoms with Crippen LogP contribution in [0.15, 0.2) is 36.4 Å². The molecule has 2 rings (SSSR count). The summed E-state index contributed by atoms with van der Waals surface area (Å²) in [5, 5.41) is 0. The van der Waals surface area contributed by atoms with E-state index in [-0.39, 0.29) is 0 Å². The van der Waals surface area contributed by atoms with E-state index < -0.39 is 0 Å². The second-order valence-electron chi connectivity index (χ2n) is 4.54. The average Bonchev–Trinajstić information content (AvgIpc) is 2.41. The van der Waals surface area contributed by atoms with Crippen LogP contribution in [-0.2, 0) is 12.8 Å². The van der Waals surface area contributed by atoms with Crippen LogP contribution in [0.3, 0.4) is 0 Å². The maximum Gasteiger partial charge on any atom is 0.148 e. The highest BCUT2D eigenvalue weighted by Crippen LogP contribution is 2.25. The van der Waals surface area contributed by atoms with Crippen molar-refractivity contribution >= 4 is 0 Å². The van der Waals surface area contributed by atoms with E-state index in [9.17, 15) is 0 Å². The molecule has 0 bridgehead atoms. The highest BCUT2D eigenvalue weighted by Gasteiger charge is 2.05. The van der Waals surface area contributed by atoms with Crippen molar-refractivity contribution in [3.8, 4) is 11.5 Å². The monoisotopic (exact) mass is 256 g/mol. The van der Waals surface area contributed by atoms with Crippen molar-refractivity contribution < 1.29 is 4.74 Å². The number of pyridine rings is 1. The van der Waals surface area contributed by atoms with Crippen LogP contribution < -0.4 is 10.5 Å². The summed E-state index contributed by atoms with van der Waals surface area (Å²) in [6.45, 7) is 4.72. The molecule has 100 valence electrons. The van der Waals surface area contributed by atoms with Gasteiger partial charge in [-0.15, -0.1) is 0 Å². The fraction of sp³-hybridized carbons (Fsp3) is 0.312. The maximum atomic E-state index is 5.94. The molecule has 0 spiro atoms. The van der Waals surface area contributed by atoms with Crippen LogP contribution in [0.25, 0.3) is 0 Å². The molecule has 0 saturated carbocycles. The first-order chi connectivity index (χ1) is 9.22. The van der Waals surface area contributed by atoms with Gasteiger partial charge in [0, 0.05) is 5.69 Å². The summed E-state index contributed by atoms with van der Waals surface area (Å²) in [5.41, 5.74) is 8.77. The van der Waals surface area contributed by atoms with Gasteiger partial charge >= 0.3 is 0 Å². The van der Waals surface area contributed by atoms with Crippen molar-refractivity contribution in [2.24, 2.45) is 5.73 Å². The summed E-state index contributed by atoms with van der Waals surface area (Å²) in [6.07, 6.45) is 1.73. The third-order valence-electron chi connectivity index (χ3n) is 2.97. The number of ether oxygens (including phenoxy) is 1. The van der Waals surface area contributed by atoms with Gasteiger partial charge in [0.2, 0.25) is 0 Å². The van der Waals surface area contributed by atoms with Crippen LogP contribution in [0.1, 0.15) is 23.9 Å². The third kappa shape index (κ3) is 3.55. The largest absolute Gasteiger partial charge is 0.455 e. The van der Waals surface area contributed by atoms with E-state index in [1.165, 1.54) is 5.56 Å². The van der Waals surface area contributed by atoms with E-state index in [0.717, 1.165) is 35.7 Å². The van der Waals surface area contributed by atoms with Crippen molar-refractivity contribution in [2.75, 3.05) is 6.54 Å². The minimum absolute atomic E-state index is 0.649.